The van der Waals surface area contributed by atoms with Gasteiger partial charge in [0.15, 0.2) is 0 Å². The first-order valence-electron chi connectivity index (χ1n) is 5.78. The molecule has 1 heterocycles. The van der Waals surface area contributed by atoms with Crippen LogP contribution < -0.4 is 0 Å². The zero-order chi connectivity index (χ0) is 13.9. The van der Waals surface area contributed by atoms with Crippen molar-refractivity contribution in [2.75, 3.05) is 6.61 Å². The second kappa shape index (κ2) is 5.58. The Hall–Kier alpha value is -1.27. The van der Waals surface area contributed by atoms with E-state index >= 15 is 0 Å². The van der Waals surface area contributed by atoms with Crippen LogP contribution in [0.4, 0.5) is 18.0 Å². The molecule has 0 bridgehead atoms. The standard InChI is InChI=1S/C11H16F3NO3/c1-7(2)8-6-18-10(17)15(8)9(16)4-3-5-11(12,13)14/h7-8H,3-6H2,1-2H3. The van der Waals surface area contributed by atoms with Crippen molar-refractivity contribution in [2.24, 2.45) is 5.92 Å². The molecule has 0 aromatic rings. The van der Waals surface area contributed by atoms with Crippen molar-refractivity contribution < 1.29 is 27.5 Å². The Balaban J connectivity index is 2.52. The average Bonchev–Trinajstić information content (AvgIpc) is 2.58. The minimum atomic E-state index is -4.27. The van der Waals surface area contributed by atoms with Gasteiger partial charge in [-0.1, -0.05) is 13.8 Å². The SMILES string of the molecule is CC(C)C1COC(=O)N1C(=O)CCCC(F)(F)F. The molecule has 1 saturated heterocycles. The molecule has 1 fully saturated rings. The second-order valence-electron chi connectivity index (χ2n) is 4.62. The fourth-order valence-electron chi connectivity index (χ4n) is 1.77. The zero-order valence-corrected chi connectivity index (χ0v) is 10.3. The van der Waals surface area contributed by atoms with E-state index in [1.165, 1.54) is 0 Å². The highest BCUT2D eigenvalue weighted by Crippen LogP contribution is 2.24. The molecule has 7 heteroatoms. The number of cyclic esters (lactones) is 1. The third kappa shape index (κ3) is 3.89. The van der Waals surface area contributed by atoms with Gasteiger partial charge in [-0.25, -0.2) is 9.69 Å². The number of carbonyl (C=O) groups excluding carboxylic acids is 2. The fraction of sp³-hybridized carbons (Fsp3) is 0.818. The molecule has 4 nitrogen and oxygen atoms in total. The molecule has 0 radical (unpaired) electrons. The van der Waals surface area contributed by atoms with E-state index in [1.807, 2.05) is 13.8 Å². The van der Waals surface area contributed by atoms with Gasteiger partial charge in [-0.2, -0.15) is 13.2 Å². The van der Waals surface area contributed by atoms with Crippen LogP contribution in [0.5, 0.6) is 0 Å². The number of amides is 2. The highest BCUT2D eigenvalue weighted by Gasteiger charge is 2.39. The van der Waals surface area contributed by atoms with Gasteiger partial charge in [-0.15, -0.1) is 0 Å². The Labute approximate surface area is 103 Å². The number of rotatable bonds is 4. The van der Waals surface area contributed by atoms with Crippen molar-refractivity contribution in [3.05, 3.63) is 0 Å². The summed E-state index contributed by atoms with van der Waals surface area (Å²) in [5.41, 5.74) is 0. The van der Waals surface area contributed by atoms with Crippen molar-refractivity contribution in [2.45, 2.75) is 45.3 Å². The number of alkyl halides is 3. The molecule has 0 aliphatic carbocycles. The molecule has 0 N–H and O–H groups in total. The molecule has 1 aliphatic rings. The summed E-state index contributed by atoms with van der Waals surface area (Å²) in [5, 5.41) is 0. The summed E-state index contributed by atoms with van der Waals surface area (Å²) in [4.78, 5) is 24.0. The van der Waals surface area contributed by atoms with Crippen molar-refractivity contribution >= 4 is 12.0 Å². The number of ether oxygens (including phenoxy) is 1. The van der Waals surface area contributed by atoms with Crippen molar-refractivity contribution in [3.63, 3.8) is 0 Å². The Morgan fingerprint density at radius 3 is 2.61 bits per heavy atom. The Morgan fingerprint density at radius 1 is 1.50 bits per heavy atom. The van der Waals surface area contributed by atoms with Gasteiger partial charge in [-0.3, -0.25) is 4.79 Å². The van der Waals surface area contributed by atoms with Crippen LogP contribution in [0.1, 0.15) is 33.1 Å². The molecule has 0 spiro atoms. The molecule has 2 amide bonds. The summed E-state index contributed by atoms with van der Waals surface area (Å²) in [6.45, 7) is 3.76. The quantitative estimate of drug-likeness (QED) is 0.786. The van der Waals surface area contributed by atoms with E-state index in [4.69, 9.17) is 4.74 Å². The molecule has 1 aliphatic heterocycles. The molecule has 18 heavy (non-hydrogen) atoms. The minimum absolute atomic E-state index is 0.0167. The van der Waals surface area contributed by atoms with Crippen LogP contribution in [0.2, 0.25) is 0 Å². The first-order valence-corrected chi connectivity index (χ1v) is 5.78. The number of carbonyl (C=O) groups is 2. The highest BCUT2D eigenvalue weighted by atomic mass is 19.4. The first kappa shape index (κ1) is 14.8. The number of nitrogens with zero attached hydrogens (tertiary/aromatic N) is 1. The zero-order valence-electron chi connectivity index (χ0n) is 10.3. The van der Waals surface area contributed by atoms with Gasteiger partial charge in [0, 0.05) is 12.8 Å². The number of halogens is 3. The first-order chi connectivity index (χ1) is 8.22. The second-order valence-corrected chi connectivity index (χ2v) is 4.62. The van der Waals surface area contributed by atoms with Gasteiger partial charge >= 0.3 is 12.3 Å². The van der Waals surface area contributed by atoms with Crippen LogP contribution in [0.25, 0.3) is 0 Å². The summed E-state index contributed by atoms with van der Waals surface area (Å²) < 4.78 is 40.6. The lowest BCUT2D eigenvalue weighted by molar-refractivity contribution is -0.139. The Bertz CT molecular complexity index is 328. The summed E-state index contributed by atoms with van der Waals surface area (Å²) in [5.74, 6) is -0.580. The van der Waals surface area contributed by atoms with E-state index in [0.29, 0.717) is 0 Å². The molecule has 104 valence electrons. The van der Waals surface area contributed by atoms with Crippen LogP contribution >= 0.6 is 0 Å². The van der Waals surface area contributed by atoms with Crippen LogP contribution in [0.3, 0.4) is 0 Å². The number of hydrogen-bond donors (Lipinski definition) is 0. The van der Waals surface area contributed by atoms with E-state index < -0.39 is 24.6 Å². The maximum Gasteiger partial charge on any atom is 0.416 e. The lowest BCUT2D eigenvalue weighted by Crippen LogP contribution is -2.41. The molecule has 0 saturated carbocycles. The molecule has 1 atom stereocenters. The lowest BCUT2D eigenvalue weighted by atomic mass is 10.0. The van der Waals surface area contributed by atoms with E-state index in [9.17, 15) is 22.8 Å². The summed E-state index contributed by atoms with van der Waals surface area (Å²) in [6, 6.07) is -0.379. The molecule has 0 aromatic carbocycles. The maximum atomic E-state index is 11.9. The van der Waals surface area contributed by atoms with Gasteiger partial charge in [0.2, 0.25) is 5.91 Å². The van der Waals surface area contributed by atoms with E-state index in [0.717, 1.165) is 4.90 Å². The topological polar surface area (TPSA) is 46.6 Å². The molecule has 0 aromatic heterocycles. The maximum absolute atomic E-state index is 11.9. The van der Waals surface area contributed by atoms with Crippen LogP contribution in [0.15, 0.2) is 0 Å². The number of hydrogen-bond acceptors (Lipinski definition) is 3. The van der Waals surface area contributed by atoms with Crippen LogP contribution in [0, 0.1) is 5.92 Å². The highest BCUT2D eigenvalue weighted by molar-refractivity contribution is 5.93. The van der Waals surface area contributed by atoms with Gasteiger partial charge < -0.3 is 4.74 Å². The average molecular weight is 267 g/mol. The fourth-order valence-corrected chi connectivity index (χ4v) is 1.77. The predicted molar refractivity (Wildman–Crippen MR) is 56.7 cm³/mol. The van der Waals surface area contributed by atoms with Crippen molar-refractivity contribution in [1.29, 1.82) is 0 Å². The summed E-state index contributed by atoms with van der Waals surface area (Å²) in [7, 11) is 0. The largest absolute Gasteiger partial charge is 0.447 e. The molecular formula is C11H16F3NO3. The van der Waals surface area contributed by atoms with E-state index in [-0.39, 0.29) is 31.4 Å². The molecular weight excluding hydrogens is 251 g/mol. The Kier molecular flexibility index (Phi) is 4.59. The van der Waals surface area contributed by atoms with Gasteiger partial charge in [0.05, 0.1) is 6.04 Å². The Morgan fingerprint density at radius 2 is 2.11 bits per heavy atom. The van der Waals surface area contributed by atoms with Gasteiger partial charge in [0.1, 0.15) is 6.61 Å². The van der Waals surface area contributed by atoms with Crippen LogP contribution in [-0.4, -0.2) is 35.7 Å². The van der Waals surface area contributed by atoms with Crippen molar-refractivity contribution in [3.8, 4) is 0 Å². The van der Waals surface area contributed by atoms with Gasteiger partial charge in [0.25, 0.3) is 0 Å². The molecule has 1 unspecified atom stereocenters. The third-order valence-electron chi connectivity index (χ3n) is 2.80. The third-order valence-corrected chi connectivity index (χ3v) is 2.80. The van der Waals surface area contributed by atoms with E-state index in [1.54, 1.807) is 0 Å². The molecule has 1 rings (SSSR count). The van der Waals surface area contributed by atoms with E-state index in [2.05, 4.69) is 0 Å². The minimum Gasteiger partial charge on any atom is -0.447 e. The predicted octanol–water partition coefficient (Wildman–Crippen LogP) is 2.72. The lowest BCUT2D eigenvalue weighted by Gasteiger charge is -2.22. The summed E-state index contributed by atoms with van der Waals surface area (Å²) in [6.07, 6.45) is -6.66. The van der Waals surface area contributed by atoms with Crippen molar-refractivity contribution in [1.82, 2.24) is 4.90 Å². The monoisotopic (exact) mass is 267 g/mol. The van der Waals surface area contributed by atoms with Crippen LogP contribution in [-0.2, 0) is 9.53 Å². The smallest absolute Gasteiger partial charge is 0.416 e. The normalized spacial score (nSPS) is 20.4. The number of imide groups is 1. The van der Waals surface area contributed by atoms with Gasteiger partial charge in [-0.05, 0) is 12.3 Å². The summed E-state index contributed by atoms with van der Waals surface area (Å²) >= 11 is 0.